The second-order valence-corrected chi connectivity index (χ2v) is 5.52. The zero-order valence-electron chi connectivity index (χ0n) is 13.0. The molecule has 0 unspecified atom stereocenters. The number of H-pyrrole nitrogens is 1. The van der Waals surface area contributed by atoms with E-state index in [1.54, 1.807) is 7.11 Å². The summed E-state index contributed by atoms with van der Waals surface area (Å²) in [7, 11) is 1.63. The van der Waals surface area contributed by atoms with E-state index in [-0.39, 0.29) is 11.7 Å². The summed E-state index contributed by atoms with van der Waals surface area (Å²) in [5.41, 5.74) is 1.33. The van der Waals surface area contributed by atoms with Crippen molar-refractivity contribution in [2.45, 2.75) is 26.5 Å². The van der Waals surface area contributed by atoms with E-state index in [0.29, 0.717) is 17.9 Å². The van der Waals surface area contributed by atoms with Crippen molar-refractivity contribution in [3.8, 4) is 17.0 Å². The average molecular weight is 320 g/mol. The molecule has 118 valence electrons. The second-order valence-electron chi connectivity index (χ2n) is 5.13. The fourth-order valence-electron chi connectivity index (χ4n) is 2.18. The number of nitrogens with one attached hydrogen (secondary N) is 1. The van der Waals surface area contributed by atoms with Crippen LogP contribution in [0.2, 0.25) is 0 Å². The van der Waals surface area contributed by atoms with E-state index < -0.39 is 0 Å². The molecule has 1 heterocycles. The molecule has 2 rings (SSSR count). The molecule has 0 aliphatic carbocycles. The van der Waals surface area contributed by atoms with E-state index in [0.717, 1.165) is 17.0 Å². The molecular weight excluding hydrogens is 300 g/mol. The van der Waals surface area contributed by atoms with Gasteiger partial charge in [-0.2, -0.15) is 0 Å². The van der Waals surface area contributed by atoms with Crippen LogP contribution in [0.15, 0.2) is 35.1 Å². The molecule has 0 amide bonds. The number of ether oxygens (including phenoxy) is 2. The van der Waals surface area contributed by atoms with Crippen molar-refractivity contribution < 1.29 is 9.47 Å². The minimum absolute atomic E-state index is 0.0403. The van der Waals surface area contributed by atoms with Crippen molar-refractivity contribution in [2.75, 3.05) is 13.7 Å². The molecule has 6 heteroatoms. The van der Waals surface area contributed by atoms with Gasteiger partial charge in [0.25, 0.3) is 5.56 Å². The Balaban J connectivity index is 2.61. The van der Waals surface area contributed by atoms with Gasteiger partial charge in [0.2, 0.25) is 0 Å². The van der Waals surface area contributed by atoms with E-state index in [1.807, 2.05) is 42.7 Å². The van der Waals surface area contributed by atoms with Crippen molar-refractivity contribution in [3.63, 3.8) is 0 Å². The number of nitrogens with zero attached hydrogens (tertiary/aromatic N) is 1. The van der Waals surface area contributed by atoms with Gasteiger partial charge < -0.3 is 14.0 Å². The molecule has 1 aromatic carbocycles. The third-order valence-corrected chi connectivity index (χ3v) is 3.40. The highest BCUT2D eigenvalue weighted by atomic mass is 32.1. The first-order valence-corrected chi connectivity index (χ1v) is 7.53. The van der Waals surface area contributed by atoms with E-state index in [2.05, 4.69) is 4.98 Å². The van der Waals surface area contributed by atoms with Gasteiger partial charge in [-0.15, -0.1) is 0 Å². The number of hydrogen-bond donors (Lipinski definition) is 1. The second kappa shape index (κ2) is 7.38. The highest BCUT2D eigenvalue weighted by Gasteiger charge is 2.12. The van der Waals surface area contributed by atoms with Gasteiger partial charge in [0.1, 0.15) is 5.75 Å². The number of aromatic nitrogens is 2. The summed E-state index contributed by atoms with van der Waals surface area (Å²) in [5.74, 6) is 0.726. The van der Waals surface area contributed by atoms with Gasteiger partial charge in [0.15, 0.2) is 4.77 Å². The molecule has 1 N–H and O–H groups in total. The van der Waals surface area contributed by atoms with E-state index in [4.69, 9.17) is 21.7 Å². The lowest BCUT2D eigenvalue weighted by molar-refractivity contribution is 0.186. The minimum atomic E-state index is -0.229. The average Bonchev–Trinajstić information content (AvgIpc) is 2.45. The van der Waals surface area contributed by atoms with E-state index in [9.17, 15) is 4.79 Å². The third kappa shape index (κ3) is 3.84. The molecule has 2 aromatic rings. The molecule has 0 aliphatic heterocycles. The first-order chi connectivity index (χ1) is 10.5. The Morgan fingerprint density at radius 3 is 2.73 bits per heavy atom. The Bertz CT molecular complexity index is 750. The maximum absolute atomic E-state index is 11.8. The van der Waals surface area contributed by atoms with Crippen molar-refractivity contribution in [1.29, 1.82) is 0 Å². The third-order valence-electron chi connectivity index (χ3n) is 3.08. The molecule has 0 aliphatic rings. The first kappa shape index (κ1) is 16.5. The maximum Gasteiger partial charge on any atom is 0.252 e. The zero-order valence-corrected chi connectivity index (χ0v) is 13.8. The first-order valence-electron chi connectivity index (χ1n) is 7.12. The summed E-state index contributed by atoms with van der Waals surface area (Å²) >= 11 is 5.28. The fourth-order valence-corrected chi connectivity index (χ4v) is 2.47. The Morgan fingerprint density at radius 2 is 2.05 bits per heavy atom. The highest BCUT2D eigenvalue weighted by molar-refractivity contribution is 7.71. The zero-order chi connectivity index (χ0) is 16.1. The molecule has 0 radical (unpaired) electrons. The molecule has 0 bridgehead atoms. The number of methoxy groups -OCH3 is 1. The molecule has 22 heavy (non-hydrogen) atoms. The van der Waals surface area contributed by atoms with Crippen LogP contribution in [-0.2, 0) is 11.3 Å². The van der Waals surface area contributed by atoms with Crippen molar-refractivity contribution in [2.24, 2.45) is 0 Å². The Kier molecular flexibility index (Phi) is 5.51. The Morgan fingerprint density at radius 1 is 1.32 bits per heavy atom. The Labute approximate surface area is 134 Å². The SMILES string of the molecule is COCCn1c(-c2ccccc2OC(C)C)cc(=O)[nH]c1=S. The summed E-state index contributed by atoms with van der Waals surface area (Å²) in [6.45, 7) is 4.98. The molecule has 0 saturated heterocycles. The molecule has 5 nitrogen and oxygen atoms in total. The summed E-state index contributed by atoms with van der Waals surface area (Å²) in [4.78, 5) is 14.5. The summed E-state index contributed by atoms with van der Waals surface area (Å²) in [6.07, 6.45) is 0.0403. The van der Waals surface area contributed by atoms with E-state index in [1.165, 1.54) is 6.07 Å². The van der Waals surface area contributed by atoms with Gasteiger partial charge in [-0.1, -0.05) is 12.1 Å². The van der Waals surface area contributed by atoms with Crippen LogP contribution in [0.1, 0.15) is 13.8 Å². The highest BCUT2D eigenvalue weighted by Crippen LogP contribution is 2.29. The Hall–Kier alpha value is -1.92. The van der Waals surface area contributed by atoms with Crippen LogP contribution >= 0.6 is 12.2 Å². The van der Waals surface area contributed by atoms with Crippen molar-refractivity contribution in [1.82, 2.24) is 9.55 Å². The number of benzene rings is 1. The number of aromatic amines is 1. The van der Waals surface area contributed by atoms with Gasteiger partial charge in [-0.25, -0.2) is 0 Å². The van der Waals surface area contributed by atoms with Gasteiger partial charge >= 0.3 is 0 Å². The molecule has 1 aromatic heterocycles. The van der Waals surface area contributed by atoms with Crippen LogP contribution < -0.4 is 10.3 Å². The van der Waals surface area contributed by atoms with Crippen LogP contribution in [0.3, 0.4) is 0 Å². The van der Waals surface area contributed by atoms with Gasteiger partial charge in [-0.05, 0) is 38.2 Å². The minimum Gasteiger partial charge on any atom is -0.490 e. The summed E-state index contributed by atoms with van der Waals surface area (Å²) < 4.78 is 13.2. The lowest BCUT2D eigenvalue weighted by Crippen LogP contribution is -2.17. The largest absolute Gasteiger partial charge is 0.490 e. The van der Waals surface area contributed by atoms with Gasteiger partial charge in [0, 0.05) is 25.3 Å². The topological polar surface area (TPSA) is 56.2 Å². The molecular formula is C16H20N2O3S. The van der Waals surface area contributed by atoms with Crippen LogP contribution in [0.5, 0.6) is 5.75 Å². The molecule has 0 spiro atoms. The maximum atomic E-state index is 11.8. The van der Waals surface area contributed by atoms with Crippen molar-refractivity contribution in [3.05, 3.63) is 45.5 Å². The number of rotatable bonds is 6. The molecule has 0 saturated carbocycles. The lowest BCUT2D eigenvalue weighted by atomic mass is 10.1. The number of hydrogen-bond acceptors (Lipinski definition) is 4. The summed E-state index contributed by atoms with van der Waals surface area (Å²) in [5, 5.41) is 0. The standard InChI is InChI=1S/C16H20N2O3S/c1-11(2)21-14-7-5-4-6-12(14)13-10-15(19)17-16(22)18(13)8-9-20-3/h4-7,10-11H,8-9H2,1-3H3,(H,17,19,22). The summed E-state index contributed by atoms with van der Waals surface area (Å²) in [6, 6.07) is 9.16. The molecule has 0 fully saturated rings. The monoisotopic (exact) mass is 320 g/mol. The predicted molar refractivity (Wildman–Crippen MR) is 89.0 cm³/mol. The molecule has 0 atom stereocenters. The fraction of sp³-hybridized carbons (Fsp3) is 0.375. The lowest BCUT2D eigenvalue weighted by Gasteiger charge is -2.18. The van der Waals surface area contributed by atoms with Crippen LogP contribution in [0, 0.1) is 4.77 Å². The van der Waals surface area contributed by atoms with E-state index >= 15 is 0 Å². The van der Waals surface area contributed by atoms with Crippen LogP contribution in [0.25, 0.3) is 11.3 Å². The van der Waals surface area contributed by atoms with Gasteiger partial charge in [-0.3, -0.25) is 9.78 Å². The number of para-hydroxylation sites is 1. The van der Waals surface area contributed by atoms with Crippen LogP contribution in [0.4, 0.5) is 0 Å². The quantitative estimate of drug-likeness (QED) is 0.831. The van der Waals surface area contributed by atoms with Crippen molar-refractivity contribution >= 4 is 12.2 Å². The van der Waals surface area contributed by atoms with Gasteiger partial charge in [0.05, 0.1) is 18.4 Å². The van der Waals surface area contributed by atoms with Crippen LogP contribution in [-0.4, -0.2) is 29.4 Å². The predicted octanol–water partition coefficient (Wildman–Crippen LogP) is 3.01. The normalized spacial score (nSPS) is 10.9. The smallest absolute Gasteiger partial charge is 0.252 e.